The number of β-lactam (4-membered cyclic amide) rings is 1. The standard InChI is InChI=1S/C30H41N2O5SSi/c1-7-39(8-2,9-3)37-22(5)27-28-21(4)24(20-38-26-14-16-31-17-15-26)18-32(28,29(27)33)30(34)36-19-23-10-12-25(35-6)13-11-23/h10-18,21-22,27-28H,7-9,19-20H2,1-6H3/q+1/t21-,22?,27+,28-,32?/m0/s1. The second kappa shape index (κ2) is 12.4. The van der Waals surface area contributed by atoms with Gasteiger partial charge < -0.3 is 13.9 Å². The number of benzene rings is 1. The summed E-state index contributed by atoms with van der Waals surface area (Å²) in [5, 5.41) is 0. The number of rotatable bonds is 12. The Morgan fingerprint density at radius 3 is 2.31 bits per heavy atom. The highest BCUT2D eigenvalue weighted by molar-refractivity contribution is 7.99. The van der Waals surface area contributed by atoms with Crippen molar-refractivity contribution in [1.82, 2.24) is 4.98 Å². The maximum absolute atomic E-state index is 14.0. The van der Waals surface area contributed by atoms with Crippen molar-refractivity contribution in [2.24, 2.45) is 11.8 Å². The number of carbonyl (C=O) groups excluding carboxylic acids is 2. The van der Waals surface area contributed by atoms with Crippen molar-refractivity contribution < 1.29 is 28.0 Å². The summed E-state index contributed by atoms with van der Waals surface area (Å²) in [7, 11) is -0.316. The molecule has 1 saturated heterocycles. The summed E-state index contributed by atoms with van der Waals surface area (Å²) in [6.07, 6.45) is 4.67. The normalized spacial score (nSPS) is 24.9. The van der Waals surface area contributed by atoms with Gasteiger partial charge in [-0.3, -0.25) is 4.98 Å². The van der Waals surface area contributed by atoms with E-state index in [1.54, 1.807) is 31.3 Å². The van der Waals surface area contributed by atoms with E-state index >= 15 is 0 Å². The summed E-state index contributed by atoms with van der Waals surface area (Å²) in [5.41, 5.74) is 1.94. The Balaban J connectivity index is 1.58. The lowest BCUT2D eigenvalue weighted by molar-refractivity contribution is -0.798. The molecule has 210 valence electrons. The van der Waals surface area contributed by atoms with E-state index in [1.807, 2.05) is 49.5 Å². The Kier molecular flexibility index (Phi) is 9.36. The first-order valence-electron chi connectivity index (χ1n) is 13.9. The van der Waals surface area contributed by atoms with Crippen LogP contribution in [0.1, 0.15) is 40.2 Å². The van der Waals surface area contributed by atoms with Crippen LogP contribution in [-0.4, -0.2) is 54.8 Å². The Labute approximate surface area is 237 Å². The molecule has 0 saturated carbocycles. The van der Waals surface area contributed by atoms with Crippen LogP contribution in [0.25, 0.3) is 0 Å². The smallest absolute Gasteiger partial charge is 0.497 e. The van der Waals surface area contributed by atoms with Gasteiger partial charge in [-0.1, -0.05) is 39.8 Å². The minimum atomic E-state index is -1.93. The number of quaternary nitrogens is 1. The lowest BCUT2D eigenvalue weighted by atomic mass is 9.75. The summed E-state index contributed by atoms with van der Waals surface area (Å²) in [6.45, 7) is 10.8. The van der Waals surface area contributed by atoms with Crippen molar-refractivity contribution in [3.63, 3.8) is 0 Å². The summed E-state index contributed by atoms with van der Waals surface area (Å²) in [6, 6.07) is 14.2. The number of carbonyl (C=O) groups is 2. The van der Waals surface area contributed by atoms with Crippen LogP contribution in [-0.2, 0) is 20.6 Å². The minimum Gasteiger partial charge on any atom is -0.497 e. The van der Waals surface area contributed by atoms with Crippen LogP contribution < -0.4 is 4.74 Å². The molecule has 7 nitrogen and oxygen atoms in total. The fourth-order valence-electron chi connectivity index (χ4n) is 6.08. The van der Waals surface area contributed by atoms with Crippen LogP contribution in [0.15, 0.2) is 65.5 Å². The van der Waals surface area contributed by atoms with Crippen molar-refractivity contribution in [2.75, 3.05) is 12.9 Å². The first-order valence-corrected chi connectivity index (χ1v) is 17.4. The van der Waals surface area contributed by atoms with Crippen molar-refractivity contribution in [1.29, 1.82) is 0 Å². The van der Waals surface area contributed by atoms with Crippen molar-refractivity contribution in [3.8, 4) is 5.75 Å². The summed E-state index contributed by atoms with van der Waals surface area (Å²) in [4.78, 5) is 32.9. The van der Waals surface area contributed by atoms with E-state index < -0.39 is 14.4 Å². The summed E-state index contributed by atoms with van der Waals surface area (Å²) < 4.78 is 17.4. The molecule has 1 fully saturated rings. The van der Waals surface area contributed by atoms with Gasteiger partial charge in [0.15, 0.2) is 14.2 Å². The number of aromatic nitrogens is 1. The largest absolute Gasteiger partial charge is 0.529 e. The van der Waals surface area contributed by atoms with Crippen LogP contribution in [0.3, 0.4) is 0 Å². The number of imide groups is 1. The number of pyridine rings is 1. The minimum absolute atomic E-state index is 0.0440. The molecule has 5 atom stereocenters. The molecule has 0 radical (unpaired) electrons. The molecule has 2 amide bonds. The molecular formula is C30H41N2O5SSi+. The van der Waals surface area contributed by atoms with Gasteiger partial charge in [-0.2, -0.15) is 4.79 Å². The number of hydrogen-bond donors (Lipinski definition) is 0. The zero-order valence-electron chi connectivity index (χ0n) is 23.9. The summed E-state index contributed by atoms with van der Waals surface area (Å²) >= 11 is 1.69. The monoisotopic (exact) mass is 569 g/mol. The zero-order valence-corrected chi connectivity index (χ0v) is 25.7. The first kappa shape index (κ1) is 29.5. The van der Waals surface area contributed by atoms with Gasteiger partial charge in [0.05, 0.1) is 13.2 Å². The van der Waals surface area contributed by atoms with Crippen molar-refractivity contribution >= 4 is 32.1 Å². The predicted molar refractivity (Wildman–Crippen MR) is 156 cm³/mol. The van der Waals surface area contributed by atoms with Crippen LogP contribution in [0.4, 0.5) is 4.79 Å². The van der Waals surface area contributed by atoms with Crippen LogP contribution >= 0.6 is 11.8 Å². The quantitative estimate of drug-likeness (QED) is 0.120. The zero-order chi connectivity index (χ0) is 28.2. The number of ether oxygens (including phenoxy) is 2. The predicted octanol–water partition coefficient (Wildman–Crippen LogP) is 6.80. The molecule has 2 aliphatic rings. The third kappa shape index (κ3) is 5.59. The fraction of sp³-hybridized carbons (Fsp3) is 0.500. The maximum atomic E-state index is 14.0. The number of thioether (sulfide) groups is 1. The number of nitrogens with zero attached hydrogens (tertiary/aromatic N) is 2. The fourth-order valence-corrected chi connectivity index (χ4v) is 10.00. The van der Waals surface area contributed by atoms with Gasteiger partial charge in [-0.15, -0.1) is 16.2 Å². The number of fused-ring (bicyclic) bond motifs is 1. The molecule has 1 aromatic carbocycles. The van der Waals surface area contributed by atoms with Gasteiger partial charge in [0.2, 0.25) is 0 Å². The maximum Gasteiger partial charge on any atom is 0.529 e. The van der Waals surface area contributed by atoms with Gasteiger partial charge in [0.25, 0.3) is 0 Å². The van der Waals surface area contributed by atoms with Crippen molar-refractivity contribution in [2.45, 2.75) is 76.4 Å². The molecule has 0 spiro atoms. The number of amides is 2. The molecule has 2 unspecified atom stereocenters. The van der Waals surface area contributed by atoms with E-state index in [2.05, 4.69) is 32.7 Å². The second-order valence-corrected chi connectivity index (χ2v) is 16.3. The lowest BCUT2D eigenvalue weighted by Crippen LogP contribution is -2.76. The average molecular weight is 570 g/mol. The highest BCUT2D eigenvalue weighted by Gasteiger charge is 2.75. The Hall–Kier alpha value is -2.46. The average Bonchev–Trinajstić information content (AvgIpc) is 3.22. The van der Waals surface area contributed by atoms with Gasteiger partial charge in [-0.25, -0.2) is 4.79 Å². The first-order chi connectivity index (χ1) is 18.7. The van der Waals surface area contributed by atoms with E-state index in [1.165, 1.54) is 0 Å². The van der Waals surface area contributed by atoms with Crippen molar-refractivity contribution in [3.05, 3.63) is 66.1 Å². The molecule has 2 aliphatic heterocycles. The highest BCUT2D eigenvalue weighted by Crippen LogP contribution is 2.52. The Bertz CT molecular complexity index is 1180. The highest BCUT2D eigenvalue weighted by atomic mass is 32.2. The van der Waals surface area contributed by atoms with E-state index in [0.717, 1.165) is 39.9 Å². The van der Waals surface area contributed by atoms with Gasteiger partial charge >= 0.3 is 12.0 Å². The molecular weight excluding hydrogens is 528 g/mol. The van der Waals surface area contributed by atoms with Crippen LogP contribution in [0.2, 0.25) is 18.1 Å². The van der Waals surface area contributed by atoms with Gasteiger partial charge in [0, 0.05) is 34.5 Å². The molecule has 9 heteroatoms. The molecule has 4 rings (SSSR count). The Morgan fingerprint density at radius 2 is 1.72 bits per heavy atom. The SMILES string of the molecule is CC[Si](CC)(CC)OC(C)[C@H]1C(=O)[N+]2(C(=O)OCc3ccc(OC)cc3)C=C(CSc3ccncc3)[C@H](C)[C@@H]12. The molecule has 3 heterocycles. The molecule has 2 aromatic rings. The van der Waals surface area contributed by atoms with Crippen LogP contribution in [0.5, 0.6) is 5.75 Å². The van der Waals surface area contributed by atoms with E-state index in [4.69, 9.17) is 13.9 Å². The van der Waals surface area contributed by atoms with E-state index in [-0.39, 0.29) is 41.0 Å². The molecule has 0 bridgehead atoms. The van der Waals surface area contributed by atoms with Gasteiger partial charge in [-0.05, 0) is 54.9 Å². The Morgan fingerprint density at radius 1 is 1.08 bits per heavy atom. The molecule has 0 N–H and O–H groups in total. The number of hydrogen-bond acceptors (Lipinski definition) is 7. The third-order valence-corrected chi connectivity index (χ3v) is 14.5. The topological polar surface area (TPSA) is 74.7 Å². The second-order valence-electron chi connectivity index (χ2n) is 10.6. The lowest BCUT2D eigenvalue weighted by Gasteiger charge is -2.49. The van der Waals surface area contributed by atoms with Crippen LogP contribution in [0, 0.1) is 11.8 Å². The van der Waals surface area contributed by atoms with E-state index in [0.29, 0.717) is 5.75 Å². The summed E-state index contributed by atoms with van der Waals surface area (Å²) in [5.74, 6) is 1.02. The van der Waals surface area contributed by atoms with E-state index in [9.17, 15) is 9.59 Å². The third-order valence-electron chi connectivity index (χ3n) is 8.71. The molecule has 0 aliphatic carbocycles. The molecule has 39 heavy (non-hydrogen) atoms. The molecule has 1 aromatic heterocycles. The number of methoxy groups -OCH3 is 1. The van der Waals surface area contributed by atoms with Gasteiger partial charge in [0.1, 0.15) is 24.6 Å².